The average molecular weight is 275 g/mol. The molecule has 2 rings (SSSR count). The lowest BCUT2D eigenvalue weighted by atomic mass is 10.2. The van der Waals surface area contributed by atoms with Crippen LogP contribution in [0.1, 0.15) is 17.0 Å². The first kappa shape index (κ1) is 14.2. The Morgan fingerprint density at radius 3 is 2.65 bits per heavy atom. The molecule has 0 aliphatic carbocycles. The minimum Gasteiger partial charge on any atom is -0.373 e. The van der Waals surface area contributed by atoms with Crippen molar-refractivity contribution in [2.75, 3.05) is 6.61 Å². The SMILES string of the molecule is Cc1ccc(COCCn2c([N+](=O)[O-])cnc2C)cc1. The fourth-order valence-corrected chi connectivity index (χ4v) is 1.91. The molecule has 1 heterocycles. The Labute approximate surface area is 117 Å². The molecule has 0 amide bonds. The second kappa shape index (κ2) is 6.29. The van der Waals surface area contributed by atoms with Gasteiger partial charge in [0.15, 0.2) is 5.82 Å². The summed E-state index contributed by atoms with van der Waals surface area (Å²) in [5.41, 5.74) is 2.30. The van der Waals surface area contributed by atoms with E-state index in [1.165, 1.54) is 11.8 Å². The molecule has 0 saturated heterocycles. The summed E-state index contributed by atoms with van der Waals surface area (Å²) < 4.78 is 7.10. The molecule has 0 atom stereocenters. The molecule has 0 fully saturated rings. The fraction of sp³-hybridized carbons (Fsp3) is 0.357. The fourth-order valence-electron chi connectivity index (χ4n) is 1.91. The summed E-state index contributed by atoms with van der Waals surface area (Å²) in [7, 11) is 0. The summed E-state index contributed by atoms with van der Waals surface area (Å²) in [5, 5.41) is 10.8. The van der Waals surface area contributed by atoms with Crippen molar-refractivity contribution in [3.05, 3.63) is 57.5 Å². The third-order valence-electron chi connectivity index (χ3n) is 3.07. The molecule has 106 valence electrons. The normalized spacial score (nSPS) is 10.7. The van der Waals surface area contributed by atoms with Crippen LogP contribution in [-0.4, -0.2) is 21.1 Å². The van der Waals surface area contributed by atoms with Crippen molar-refractivity contribution in [3.8, 4) is 0 Å². The molecule has 0 aliphatic heterocycles. The van der Waals surface area contributed by atoms with Crippen LogP contribution >= 0.6 is 0 Å². The molecule has 6 nitrogen and oxygen atoms in total. The van der Waals surface area contributed by atoms with Crippen LogP contribution in [0.4, 0.5) is 5.82 Å². The van der Waals surface area contributed by atoms with Gasteiger partial charge in [-0.3, -0.25) is 0 Å². The highest BCUT2D eigenvalue weighted by molar-refractivity contribution is 5.20. The van der Waals surface area contributed by atoms with Gasteiger partial charge in [0.25, 0.3) is 0 Å². The molecule has 0 aliphatic rings. The number of nitro groups is 1. The summed E-state index contributed by atoms with van der Waals surface area (Å²) in [6.45, 7) is 5.11. The maximum absolute atomic E-state index is 10.8. The Hall–Kier alpha value is -2.21. The zero-order chi connectivity index (χ0) is 14.5. The lowest BCUT2D eigenvalue weighted by molar-refractivity contribution is -0.392. The molecular formula is C14H17N3O3. The van der Waals surface area contributed by atoms with E-state index >= 15 is 0 Å². The summed E-state index contributed by atoms with van der Waals surface area (Å²) in [4.78, 5) is 14.3. The lowest BCUT2D eigenvalue weighted by Gasteiger charge is -2.05. The molecule has 1 aromatic heterocycles. The van der Waals surface area contributed by atoms with E-state index in [-0.39, 0.29) is 5.82 Å². The summed E-state index contributed by atoms with van der Waals surface area (Å²) in [6.07, 6.45) is 1.27. The molecule has 0 N–H and O–H groups in total. The van der Waals surface area contributed by atoms with E-state index in [0.29, 0.717) is 25.6 Å². The topological polar surface area (TPSA) is 70.2 Å². The highest BCUT2D eigenvalue weighted by Crippen LogP contribution is 2.13. The van der Waals surface area contributed by atoms with E-state index in [0.717, 1.165) is 5.56 Å². The van der Waals surface area contributed by atoms with Gasteiger partial charge >= 0.3 is 5.82 Å². The van der Waals surface area contributed by atoms with Gasteiger partial charge in [0.05, 0.1) is 13.2 Å². The van der Waals surface area contributed by atoms with Crippen molar-refractivity contribution in [1.29, 1.82) is 0 Å². The monoisotopic (exact) mass is 275 g/mol. The number of benzene rings is 1. The Morgan fingerprint density at radius 2 is 2.00 bits per heavy atom. The number of nitrogens with zero attached hydrogens (tertiary/aromatic N) is 3. The van der Waals surface area contributed by atoms with E-state index in [9.17, 15) is 10.1 Å². The molecular weight excluding hydrogens is 258 g/mol. The van der Waals surface area contributed by atoms with Gasteiger partial charge in [-0.25, -0.2) is 9.55 Å². The predicted octanol–water partition coefficient (Wildman–Crippen LogP) is 2.62. The van der Waals surface area contributed by atoms with Crippen LogP contribution in [0.2, 0.25) is 0 Å². The standard InChI is InChI=1S/C14H17N3O3/c1-11-3-5-13(6-4-11)10-20-8-7-16-12(2)15-9-14(16)17(18)19/h3-6,9H,7-8,10H2,1-2H3. The molecule has 0 spiro atoms. The summed E-state index contributed by atoms with van der Waals surface area (Å²) in [5.74, 6) is 0.622. The van der Waals surface area contributed by atoms with Crippen molar-refractivity contribution >= 4 is 5.82 Å². The van der Waals surface area contributed by atoms with Gasteiger partial charge in [-0.1, -0.05) is 29.8 Å². The third kappa shape index (κ3) is 3.42. The van der Waals surface area contributed by atoms with E-state index in [2.05, 4.69) is 4.98 Å². The van der Waals surface area contributed by atoms with Crippen molar-refractivity contribution < 1.29 is 9.66 Å². The minimum atomic E-state index is -0.431. The predicted molar refractivity (Wildman–Crippen MR) is 74.5 cm³/mol. The van der Waals surface area contributed by atoms with Crippen LogP contribution in [-0.2, 0) is 17.9 Å². The van der Waals surface area contributed by atoms with Crippen LogP contribution in [0.5, 0.6) is 0 Å². The molecule has 20 heavy (non-hydrogen) atoms. The second-order valence-electron chi connectivity index (χ2n) is 4.61. The quantitative estimate of drug-likeness (QED) is 0.461. The highest BCUT2D eigenvalue weighted by Gasteiger charge is 2.16. The van der Waals surface area contributed by atoms with Gasteiger partial charge in [-0.05, 0) is 17.4 Å². The van der Waals surface area contributed by atoms with Crippen LogP contribution in [0.15, 0.2) is 30.5 Å². The molecule has 0 radical (unpaired) electrons. The smallest absolute Gasteiger partial charge is 0.342 e. The van der Waals surface area contributed by atoms with E-state index in [4.69, 9.17) is 4.74 Å². The molecule has 0 saturated carbocycles. The number of aryl methyl sites for hydroxylation is 2. The number of hydrogen-bond acceptors (Lipinski definition) is 4. The van der Waals surface area contributed by atoms with Crippen LogP contribution in [0.3, 0.4) is 0 Å². The van der Waals surface area contributed by atoms with Gasteiger partial charge in [0.2, 0.25) is 0 Å². The van der Waals surface area contributed by atoms with Gasteiger partial charge in [0, 0.05) is 6.92 Å². The molecule has 2 aromatic rings. The zero-order valence-corrected chi connectivity index (χ0v) is 11.6. The number of aromatic nitrogens is 2. The Kier molecular flexibility index (Phi) is 4.47. The molecule has 0 bridgehead atoms. The number of hydrogen-bond donors (Lipinski definition) is 0. The van der Waals surface area contributed by atoms with Crippen molar-refractivity contribution in [3.63, 3.8) is 0 Å². The third-order valence-corrected chi connectivity index (χ3v) is 3.07. The van der Waals surface area contributed by atoms with Crippen LogP contribution < -0.4 is 0 Å². The van der Waals surface area contributed by atoms with Crippen LogP contribution in [0, 0.1) is 24.0 Å². The van der Waals surface area contributed by atoms with Gasteiger partial charge in [-0.15, -0.1) is 0 Å². The largest absolute Gasteiger partial charge is 0.373 e. The first-order chi connectivity index (χ1) is 9.58. The van der Waals surface area contributed by atoms with Crippen molar-refractivity contribution in [1.82, 2.24) is 9.55 Å². The van der Waals surface area contributed by atoms with Gasteiger partial charge in [-0.2, -0.15) is 0 Å². The van der Waals surface area contributed by atoms with E-state index in [1.807, 2.05) is 31.2 Å². The molecule has 0 unspecified atom stereocenters. The highest BCUT2D eigenvalue weighted by atomic mass is 16.6. The Bertz CT molecular complexity index is 590. The molecule has 1 aromatic carbocycles. The zero-order valence-electron chi connectivity index (χ0n) is 11.6. The number of imidazole rings is 1. The summed E-state index contributed by atoms with van der Waals surface area (Å²) in [6, 6.07) is 8.09. The van der Waals surface area contributed by atoms with Crippen LogP contribution in [0.25, 0.3) is 0 Å². The lowest BCUT2D eigenvalue weighted by Crippen LogP contribution is -2.10. The summed E-state index contributed by atoms with van der Waals surface area (Å²) >= 11 is 0. The number of rotatable bonds is 6. The number of ether oxygens (including phenoxy) is 1. The van der Waals surface area contributed by atoms with Gasteiger partial charge in [0.1, 0.15) is 12.7 Å². The first-order valence-electron chi connectivity index (χ1n) is 6.37. The Morgan fingerprint density at radius 1 is 1.30 bits per heavy atom. The molecule has 6 heteroatoms. The first-order valence-corrected chi connectivity index (χ1v) is 6.37. The Balaban J connectivity index is 1.86. The maximum Gasteiger partial charge on any atom is 0.342 e. The van der Waals surface area contributed by atoms with E-state index in [1.54, 1.807) is 11.5 Å². The second-order valence-corrected chi connectivity index (χ2v) is 4.61. The van der Waals surface area contributed by atoms with E-state index < -0.39 is 4.92 Å². The minimum absolute atomic E-state index is 0.00133. The van der Waals surface area contributed by atoms with Gasteiger partial charge < -0.3 is 14.9 Å². The van der Waals surface area contributed by atoms with Crippen molar-refractivity contribution in [2.45, 2.75) is 27.0 Å². The van der Waals surface area contributed by atoms with Crippen molar-refractivity contribution in [2.24, 2.45) is 0 Å². The maximum atomic E-state index is 10.8. The average Bonchev–Trinajstić information content (AvgIpc) is 2.78.